The van der Waals surface area contributed by atoms with E-state index in [1.807, 2.05) is 6.08 Å². The van der Waals surface area contributed by atoms with Gasteiger partial charge in [-0.25, -0.2) is 0 Å². The van der Waals surface area contributed by atoms with Crippen LogP contribution in [0, 0.1) is 0 Å². The molecule has 26 heavy (non-hydrogen) atoms. The maximum Gasteiger partial charge on any atom is 0.267 e. The monoisotopic (exact) mass is 393 g/mol. The molecule has 0 fully saturated rings. The Labute approximate surface area is 159 Å². The van der Waals surface area contributed by atoms with Crippen LogP contribution in [0.5, 0.6) is 0 Å². The SMILES string of the molecule is CCCCCCCCCCCCCC=CC(O)C([NH3+])COP(=O)([O-])OC. The molecule has 0 aromatic heterocycles. The lowest BCUT2D eigenvalue weighted by Gasteiger charge is -2.22. The molecule has 3 unspecified atom stereocenters. The number of unbranched alkanes of at least 4 members (excludes halogenated alkanes) is 11. The molecule has 0 amide bonds. The summed E-state index contributed by atoms with van der Waals surface area (Å²) in [6.45, 7) is 2.05. The van der Waals surface area contributed by atoms with E-state index in [-0.39, 0.29) is 6.61 Å². The van der Waals surface area contributed by atoms with E-state index in [1.165, 1.54) is 64.2 Å². The zero-order chi connectivity index (χ0) is 19.7. The van der Waals surface area contributed by atoms with Crippen molar-refractivity contribution in [2.24, 2.45) is 0 Å². The first-order valence-electron chi connectivity index (χ1n) is 10.1. The Bertz CT molecular complexity index is 392. The lowest BCUT2D eigenvalue weighted by Crippen LogP contribution is -2.68. The van der Waals surface area contributed by atoms with E-state index in [4.69, 9.17) is 0 Å². The van der Waals surface area contributed by atoms with Crippen LogP contribution in [0.25, 0.3) is 0 Å². The van der Waals surface area contributed by atoms with Crippen LogP contribution in [-0.2, 0) is 13.6 Å². The second-order valence-corrected chi connectivity index (χ2v) is 8.45. The number of phosphoric acid groups is 1. The van der Waals surface area contributed by atoms with Gasteiger partial charge in [0.2, 0.25) is 0 Å². The van der Waals surface area contributed by atoms with Crippen molar-refractivity contribution in [3.8, 4) is 0 Å². The Morgan fingerprint density at radius 2 is 1.54 bits per heavy atom. The zero-order valence-corrected chi connectivity index (χ0v) is 17.6. The van der Waals surface area contributed by atoms with Gasteiger partial charge in [0.15, 0.2) is 0 Å². The molecule has 6 nitrogen and oxygen atoms in total. The first-order valence-corrected chi connectivity index (χ1v) is 11.6. The molecule has 0 aromatic rings. The number of phosphoric ester groups is 1. The first-order chi connectivity index (χ1) is 12.4. The van der Waals surface area contributed by atoms with Crippen molar-refractivity contribution in [2.75, 3.05) is 13.7 Å². The number of hydrogen-bond donors (Lipinski definition) is 2. The molecule has 0 heterocycles. The molecule has 0 saturated carbocycles. The largest absolute Gasteiger partial charge is 0.756 e. The normalized spacial score (nSPS) is 16.7. The average Bonchev–Trinajstić information content (AvgIpc) is 2.63. The van der Waals surface area contributed by atoms with E-state index in [1.54, 1.807) is 6.08 Å². The van der Waals surface area contributed by atoms with Gasteiger partial charge in [-0.1, -0.05) is 83.3 Å². The van der Waals surface area contributed by atoms with Gasteiger partial charge in [0, 0.05) is 7.11 Å². The van der Waals surface area contributed by atoms with Gasteiger partial charge in [0.1, 0.15) is 18.8 Å². The highest BCUT2D eigenvalue weighted by atomic mass is 31.2. The summed E-state index contributed by atoms with van der Waals surface area (Å²) in [5.41, 5.74) is 3.71. The summed E-state index contributed by atoms with van der Waals surface area (Å²) >= 11 is 0. The van der Waals surface area contributed by atoms with E-state index in [0.29, 0.717) is 0 Å². The van der Waals surface area contributed by atoms with Gasteiger partial charge in [-0.15, -0.1) is 0 Å². The summed E-state index contributed by atoms with van der Waals surface area (Å²) in [6.07, 6.45) is 18.1. The van der Waals surface area contributed by atoms with Crippen LogP contribution in [0.2, 0.25) is 0 Å². The third-order valence-electron chi connectivity index (χ3n) is 4.46. The second kappa shape index (κ2) is 16.9. The van der Waals surface area contributed by atoms with Gasteiger partial charge in [0.05, 0.1) is 0 Å². The number of aliphatic hydroxyl groups is 1. The molecule has 0 aromatic carbocycles. The molecule has 7 heteroatoms. The van der Waals surface area contributed by atoms with E-state index in [2.05, 4.69) is 21.7 Å². The Balaban J connectivity index is 3.52. The summed E-state index contributed by atoms with van der Waals surface area (Å²) in [6, 6.07) is -0.555. The molecule has 3 atom stereocenters. The van der Waals surface area contributed by atoms with Gasteiger partial charge in [-0.2, -0.15) is 0 Å². The predicted molar refractivity (Wildman–Crippen MR) is 103 cm³/mol. The fourth-order valence-corrected chi connectivity index (χ4v) is 3.14. The summed E-state index contributed by atoms with van der Waals surface area (Å²) in [5.74, 6) is 0. The van der Waals surface area contributed by atoms with Gasteiger partial charge in [-0.3, -0.25) is 4.57 Å². The van der Waals surface area contributed by atoms with Crippen LogP contribution < -0.4 is 10.6 Å². The standard InChI is InChI=1S/C19H40NO5P/c1-3-4-5-6-7-8-9-10-11-12-13-14-15-16-19(21)18(20)17-25-26(22,23)24-2/h15-16,18-19,21H,3-14,17,20H2,1-2H3,(H,22,23). The summed E-state index contributed by atoms with van der Waals surface area (Å²) in [7, 11) is -3.21. The zero-order valence-electron chi connectivity index (χ0n) is 16.7. The van der Waals surface area contributed by atoms with Crippen molar-refractivity contribution in [2.45, 2.75) is 96.1 Å². The molecular formula is C19H40NO5P. The first kappa shape index (κ1) is 25.8. The number of aliphatic hydroxyl groups excluding tert-OH is 1. The van der Waals surface area contributed by atoms with Crippen molar-refractivity contribution in [1.29, 1.82) is 0 Å². The minimum absolute atomic E-state index is 0.196. The average molecular weight is 394 g/mol. The van der Waals surface area contributed by atoms with Gasteiger partial charge < -0.3 is 24.8 Å². The quantitative estimate of drug-likeness (QED) is 0.211. The number of allylic oxidation sites excluding steroid dienone is 1. The fraction of sp³-hybridized carbons (Fsp3) is 0.895. The number of rotatable bonds is 18. The van der Waals surface area contributed by atoms with Gasteiger partial charge >= 0.3 is 0 Å². The Morgan fingerprint density at radius 1 is 1.04 bits per heavy atom. The molecule has 0 radical (unpaired) electrons. The van der Waals surface area contributed by atoms with E-state index in [0.717, 1.165) is 20.0 Å². The van der Waals surface area contributed by atoms with Crippen LogP contribution >= 0.6 is 7.82 Å². The van der Waals surface area contributed by atoms with Crippen molar-refractivity contribution >= 4 is 7.82 Å². The Kier molecular flexibility index (Phi) is 16.8. The highest BCUT2D eigenvalue weighted by Crippen LogP contribution is 2.36. The molecule has 0 bridgehead atoms. The second-order valence-electron chi connectivity index (χ2n) is 6.93. The topological polar surface area (TPSA) is 106 Å². The smallest absolute Gasteiger partial charge is 0.267 e. The summed E-state index contributed by atoms with van der Waals surface area (Å²) < 4.78 is 19.9. The van der Waals surface area contributed by atoms with Gasteiger partial charge in [-0.05, 0) is 12.8 Å². The third kappa shape index (κ3) is 16.0. The van der Waals surface area contributed by atoms with Crippen molar-refractivity contribution < 1.29 is 29.3 Å². The van der Waals surface area contributed by atoms with Crippen LogP contribution in [0.15, 0.2) is 12.2 Å². The molecule has 0 rings (SSSR count). The van der Waals surface area contributed by atoms with Crippen LogP contribution in [-0.4, -0.2) is 31.0 Å². The van der Waals surface area contributed by atoms with E-state index >= 15 is 0 Å². The van der Waals surface area contributed by atoms with Crippen molar-refractivity contribution in [3.63, 3.8) is 0 Å². The molecule has 0 aliphatic rings. The lowest BCUT2D eigenvalue weighted by molar-refractivity contribution is -0.438. The predicted octanol–water partition coefficient (Wildman–Crippen LogP) is 3.35. The maximum atomic E-state index is 11.1. The summed E-state index contributed by atoms with van der Waals surface area (Å²) in [4.78, 5) is 11.1. The minimum atomic E-state index is -4.25. The highest BCUT2D eigenvalue weighted by molar-refractivity contribution is 7.45. The fourth-order valence-electron chi connectivity index (χ4n) is 2.66. The van der Waals surface area contributed by atoms with Crippen LogP contribution in [0.3, 0.4) is 0 Å². The molecule has 4 N–H and O–H groups in total. The van der Waals surface area contributed by atoms with Crippen LogP contribution in [0.1, 0.15) is 84.0 Å². The minimum Gasteiger partial charge on any atom is -0.756 e. The van der Waals surface area contributed by atoms with Crippen molar-refractivity contribution in [3.05, 3.63) is 12.2 Å². The summed E-state index contributed by atoms with van der Waals surface area (Å²) in [5, 5.41) is 9.90. The number of quaternary nitrogens is 1. The lowest BCUT2D eigenvalue weighted by atomic mass is 10.0. The molecule has 0 aliphatic carbocycles. The van der Waals surface area contributed by atoms with Crippen LogP contribution in [0.4, 0.5) is 0 Å². The Morgan fingerprint density at radius 3 is 2.04 bits per heavy atom. The number of hydrogen-bond acceptors (Lipinski definition) is 5. The molecule has 0 spiro atoms. The van der Waals surface area contributed by atoms with E-state index in [9.17, 15) is 14.6 Å². The van der Waals surface area contributed by atoms with Crippen molar-refractivity contribution in [1.82, 2.24) is 0 Å². The maximum absolute atomic E-state index is 11.1. The molecule has 0 aliphatic heterocycles. The highest BCUT2D eigenvalue weighted by Gasteiger charge is 2.18. The van der Waals surface area contributed by atoms with Gasteiger partial charge in [0.25, 0.3) is 7.82 Å². The molecule has 156 valence electrons. The third-order valence-corrected chi connectivity index (χ3v) is 5.37. The molecule has 0 saturated heterocycles. The van der Waals surface area contributed by atoms with E-state index < -0.39 is 20.0 Å². The Hall–Kier alpha value is -0.230. The molecular weight excluding hydrogens is 353 g/mol.